The molecule has 2 nitrogen and oxygen atoms in total. The third kappa shape index (κ3) is 2.21. The quantitative estimate of drug-likeness (QED) is 0.817. The van der Waals surface area contributed by atoms with Crippen LogP contribution in [0.25, 0.3) is 0 Å². The molecule has 1 unspecified atom stereocenters. The zero-order valence-corrected chi connectivity index (χ0v) is 9.03. The van der Waals surface area contributed by atoms with E-state index in [0.717, 1.165) is 0 Å². The van der Waals surface area contributed by atoms with Gasteiger partial charge in [-0.1, -0.05) is 18.2 Å². The van der Waals surface area contributed by atoms with Crippen LogP contribution < -0.4 is 5.32 Å². The first-order valence-corrected chi connectivity index (χ1v) is 5.11. The molecule has 0 aliphatic carbocycles. The Kier molecular flexibility index (Phi) is 2.77. The fraction of sp³-hybridized carbons (Fsp3) is 0.231. The predicted molar refractivity (Wildman–Crippen MR) is 61.9 cm³/mol. The second-order valence-corrected chi connectivity index (χ2v) is 3.74. The van der Waals surface area contributed by atoms with Gasteiger partial charge in [0.05, 0.1) is 18.6 Å². The van der Waals surface area contributed by atoms with Gasteiger partial charge < -0.3 is 9.73 Å². The van der Waals surface area contributed by atoms with E-state index < -0.39 is 0 Å². The molecule has 0 aliphatic rings. The van der Waals surface area contributed by atoms with Crippen molar-refractivity contribution in [3.63, 3.8) is 0 Å². The molecule has 2 aromatic rings. The van der Waals surface area contributed by atoms with Gasteiger partial charge in [0.1, 0.15) is 0 Å². The largest absolute Gasteiger partial charge is 0.472 e. The average Bonchev–Trinajstić information content (AvgIpc) is 2.74. The second kappa shape index (κ2) is 4.22. The number of para-hydroxylation sites is 1. The first-order chi connectivity index (χ1) is 7.27. The van der Waals surface area contributed by atoms with E-state index in [1.165, 1.54) is 16.8 Å². The summed E-state index contributed by atoms with van der Waals surface area (Å²) in [4.78, 5) is 0. The number of nitrogens with one attached hydrogen (secondary N) is 1. The highest BCUT2D eigenvalue weighted by atomic mass is 16.3. The summed E-state index contributed by atoms with van der Waals surface area (Å²) in [5.41, 5.74) is 3.59. The van der Waals surface area contributed by atoms with Crippen molar-refractivity contribution >= 4 is 5.69 Å². The monoisotopic (exact) mass is 201 g/mol. The standard InChI is InChI=1S/C13H15NO/c1-10-5-3-4-6-13(10)14-11(2)12-7-8-15-9-12/h3-9,11,14H,1-2H3. The van der Waals surface area contributed by atoms with Crippen LogP contribution in [0.2, 0.25) is 0 Å². The molecule has 0 saturated heterocycles. The van der Waals surface area contributed by atoms with Crippen molar-refractivity contribution in [1.82, 2.24) is 0 Å². The van der Waals surface area contributed by atoms with Crippen LogP contribution in [0.1, 0.15) is 24.1 Å². The number of hydrogen-bond donors (Lipinski definition) is 1. The fourth-order valence-corrected chi connectivity index (χ4v) is 1.57. The average molecular weight is 201 g/mol. The van der Waals surface area contributed by atoms with Crippen LogP contribution >= 0.6 is 0 Å². The van der Waals surface area contributed by atoms with Crippen molar-refractivity contribution in [2.75, 3.05) is 5.32 Å². The summed E-state index contributed by atoms with van der Waals surface area (Å²) in [5, 5.41) is 3.45. The molecule has 2 heteroatoms. The smallest absolute Gasteiger partial charge is 0.0955 e. The van der Waals surface area contributed by atoms with Gasteiger partial charge >= 0.3 is 0 Å². The lowest BCUT2D eigenvalue weighted by atomic mass is 10.1. The lowest BCUT2D eigenvalue weighted by Crippen LogP contribution is -2.06. The molecule has 0 spiro atoms. The summed E-state index contributed by atoms with van der Waals surface area (Å²) >= 11 is 0. The van der Waals surface area contributed by atoms with E-state index in [-0.39, 0.29) is 6.04 Å². The highest BCUT2D eigenvalue weighted by Gasteiger charge is 2.06. The molecule has 78 valence electrons. The van der Waals surface area contributed by atoms with Crippen LogP contribution in [0.5, 0.6) is 0 Å². The highest BCUT2D eigenvalue weighted by molar-refractivity contribution is 5.51. The van der Waals surface area contributed by atoms with E-state index in [0.29, 0.717) is 0 Å². The third-order valence-electron chi connectivity index (χ3n) is 2.56. The maximum atomic E-state index is 5.06. The molecule has 1 aromatic heterocycles. The van der Waals surface area contributed by atoms with Gasteiger partial charge in [-0.15, -0.1) is 0 Å². The number of rotatable bonds is 3. The number of anilines is 1. The molecule has 0 amide bonds. The molecule has 0 saturated carbocycles. The number of hydrogen-bond acceptors (Lipinski definition) is 2. The molecule has 0 fully saturated rings. The summed E-state index contributed by atoms with van der Waals surface area (Å²) in [7, 11) is 0. The summed E-state index contributed by atoms with van der Waals surface area (Å²) in [6.45, 7) is 4.22. The SMILES string of the molecule is Cc1ccccc1NC(C)c1ccoc1. The first kappa shape index (κ1) is 9.84. The Hall–Kier alpha value is -1.70. The summed E-state index contributed by atoms with van der Waals surface area (Å²) in [6.07, 6.45) is 3.47. The van der Waals surface area contributed by atoms with Crippen LogP contribution in [0.4, 0.5) is 5.69 Å². The summed E-state index contributed by atoms with van der Waals surface area (Å²) in [6, 6.07) is 10.5. The molecule has 0 aliphatic heterocycles. The highest BCUT2D eigenvalue weighted by Crippen LogP contribution is 2.21. The van der Waals surface area contributed by atoms with Gasteiger partial charge in [-0.2, -0.15) is 0 Å². The minimum atomic E-state index is 0.268. The van der Waals surface area contributed by atoms with Gasteiger partial charge in [-0.25, -0.2) is 0 Å². The lowest BCUT2D eigenvalue weighted by molar-refractivity contribution is 0.562. The Morgan fingerprint density at radius 1 is 1.20 bits per heavy atom. The zero-order valence-electron chi connectivity index (χ0n) is 9.03. The molecule has 0 bridgehead atoms. The molecule has 1 atom stereocenters. The Balaban J connectivity index is 2.13. The van der Waals surface area contributed by atoms with Crippen LogP contribution in [0.3, 0.4) is 0 Å². The minimum Gasteiger partial charge on any atom is -0.472 e. The molecule has 0 radical (unpaired) electrons. The van der Waals surface area contributed by atoms with E-state index in [2.05, 4.69) is 31.3 Å². The molecule has 1 aromatic carbocycles. The Morgan fingerprint density at radius 3 is 2.67 bits per heavy atom. The Morgan fingerprint density at radius 2 is 2.00 bits per heavy atom. The number of furan rings is 1. The maximum absolute atomic E-state index is 5.06. The topological polar surface area (TPSA) is 25.2 Å². The third-order valence-corrected chi connectivity index (χ3v) is 2.56. The normalized spacial score (nSPS) is 12.4. The van der Waals surface area contributed by atoms with E-state index in [9.17, 15) is 0 Å². The van der Waals surface area contributed by atoms with Gasteiger partial charge in [0.15, 0.2) is 0 Å². The number of aryl methyl sites for hydroxylation is 1. The predicted octanol–water partition coefficient (Wildman–Crippen LogP) is 3.76. The first-order valence-electron chi connectivity index (χ1n) is 5.11. The maximum Gasteiger partial charge on any atom is 0.0955 e. The Labute approximate surface area is 89.9 Å². The van der Waals surface area contributed by atoms with E-state index >= 15 is 0 Å². The molecule has 1 heterocycles. The Bertz CT molecular complexity index is 420. The molecule has 15 heavy (non-hydrogen) atoms. The van der Waals surface area contributed by atoms with E-state index in [4.69, 9.17) is 4.42 Å². The van der Waals surface area contributed by atoms with Crippen molar-refractivity contribution < 1.29 is 4.42 Å². The molecule has 1 N–H and O–H groups in total. The van der Waals surface area contributed by atoms with Crippen LogP contribution in [0.15, 0.2) is 47.3 Å². The van der Waals surface area contributed by atoms with Crippen molar-refractivity contribution in [3.05, 3.63) is 54.0 Å². The van der Waals surface area contributed by atoms with Crippen LogP contribution in [0, 0.1) is 6.92 Å². The summed E-state index contributed by atoms with van der Waals surface area (Å²) in [5.74, 6) is 0. The van der Waals surface area contributed by atoms with Crippen molar-refractivity contribution in [3.8, 4) is 0 Å². The fourth-order valence-electron chi connectivity index (χ4n) is 1.57. The van der Waals surface area contributed by atoms with Gasteiger partial charge in [-0.3, -0.25) is 0 Å². The van der Waals surface area contributed by atoms with E-state index in [1.807, 2.05) is 18.2 Å². The summed E-state index contributed by atoms with van der Waals surface area (Å²) < 4.78 is 5.06. The zero-order chi connectivity index (χ0) is 10.7. The van der Waals surface area contributed by atoms with Crippen molar-refractivity contribution in [1.29, 1.82) is 0 Å². The second-order valence-electron chi connectivity index (χ2n) is 3.74. The van der Waals surface area contributed by atoms with Gasteiger partial charge in [-0.05, 0) is 31.5 Å². The van der Waals surface area contributed by atoms with Crippen LogP contribution in [-0.4, -0.2) is 0 Å². The van der Waals surface area contributed by atoms with Crippen LogP contribution in [-0.2, 0) is 0 Å². The molecular weight excluding hydrogens is 186 g/mol. The van der Waals surface area contributed by atoms with Crippen molar-refractivity contribution in [2.24, 2.45) is 0 Å². The molecule has 2 rings (SSSR count). The van der Waals surface area contributed by atoms with Gasteiger partial charge in [0, 0.05) is 11.3 Å². The number of benzene rings is 1. The van der Waals surface area contributed by atoms with Crippen molar-refractivity contribution in [2.45, 2.75) is 19.9 Å². The van der Waals surface area contributed by atoms with Gasteiger partial charge in [0.25, 0.3) is 0 Å². The lowest BCUT2D eigenvalue weighted by Gasteiger charge is -2.15. The van der Waals surface area contributed by atoms with Gasteiger partial charge in [0.2, 0.25) is 0 Å². The molecular formula is C13H15NO. The van der Waals surface area contributed by atoms with E-state index in [1.54, 1.807) is 12.5 Å². The minimum absolute atomic E-state index is 0.268.